The second-order valence-corrected chi connectivity index (χ2v) is 18.2. The quantitative estimate of drug-likeness (QED) is 0.150. The van der Waals surface area contributed by atoms with E-state index < -0.39 is 68.4 Å². The van der Waals surface area contributed by atoms with Gasteiger partial charge in [-0.25, -0.2) is 31.3 Å². The lowest BCUT2D eigenvalue weighted by molar-refractivity contribution is -0.138. The van der Waals surface area contributed by atoms with Gasteiger partial charge >= 0.3 is 6.18 Å². The van der Waals surface area contributed by atoms with Crippen molar-refractivity contribution in [1.29, 1.82) is 0 Å². The van der Waals surface area contributed by atoms with Crippen LogP contribution in [0.25, 0.3) is 0 Å². The van der Waals surface area contributed by atoms with Crippen molar-refractivity contribution >= 4 is 45.0 Å². The molecule has 7 rings (SSSR count). The molecule has 2 aromatic carbocycles. The Kier molecular flexibility index (Phi) is 11.7. The summed E-state index contributed by atoms with van der Waals surface area (Å²) in [4.78, 5) is 36.0. The van der Waals surface area contributed by atoms with Crippen LogP contribution < -0.4 is 25.2 Å². The number of carbonyl (C=O) groups excluding carboxylic acids is 2. The monoisotopic (exact) mass is 852 g/mol. The van der Waals surface area contributed by atoms with Crippen LogP contribution >= 0.6 is 0 Å². The molecule has 59 heavy (non-hydrogen) atoms. The molecule has 0 radical (unpaired) electrons. The minimum Gasteiger partial charge on any atom is -0.388 e. The number of anilines is 4. The molecule has 4 fully saturated rings. The van der Waals surface area contributed by atoms with Gasteiger partial charge in [0.05, 0.1) is 35.2 Å². The Morgan fingerprint density at radius 1 is 1.00 bits per heavy atom. The van der Waals surface area contributed by atoms with E-state index in [-0.39, 0.29) is 79.6 Å². The van der Waals surface area contributed by atoms with Gasteiger partial charge in [0.25, 0.3) is 0 Å². The lowest BCUT2D eigenvalue weighted by atomic mass is 9.88. The van der Waals surface area contributed by atoms with Crippen LogP contribution in [-0.2, 0) is 25.8 Å². The first-order valence-corrected chi connectivity index (χ1v) is 20.9. The fourth-order valence-electron chi connectivity index (χ4n) is 8.56. The van der Waals surface area contributed by atoms with Crippen LogP contribution in [-0.4, -0.2) is 103 Å². The van der Waals surface area contributed by atoms with Gasteiger partial charge in [0, 0.05) is 55.6 Å². The van der Waals surface area contributed by atoms with E-state index in [0.29, 0.717) is 50.4 Å². The van der Waals surface area contributed by atoms with E-state index in [2.05, 4.69) is 25.3 Å². The van der Waals surface area contributed by atoms with Gasteiger partial charge in [-0.2, -0.15) is 18.2 Å². The minimum atomic E-state index is -4.79. The molecule has 3 saturated heterocycles. The van der Waals surface area contributed by atoms with Crippen LogP contribution in [0.5, 0.6) is 0 Å². The second-order valence-electron chi connectivity index (χ2n) is 16.5. The van der Waals surface area contributed by atoms with Crippen LogP contribution in [0.15, 0.2) is 47.5 Å². The molecule has 4 N–H and O–H groups in total. The van der Waals surface area contributed by atoms with Crippen molar-refractivity contribution in [1.82, 2.24) is 24.9 Å². The maximum Gasteiger partial charge on any atom is 0.421 e. The summed E-state index contributed by atoms with van der Waals surface area (Å²) >= 11 is 0. The number of imide groups is 1. The standard InChI is InChI=1S/C39H46F6N8O5S/c1-37(56)14-3-15-52(19-37)34-29(39(43,44)45)18-46-36(49-34)47-32-12-9-26(17-31(32)41)59(57,58)50-23-4-6-24(7-5-23)51(2)20-38(42)21-53(22-38)25-8-10-27(30(40)16-25)28-11-13-33(54)48-35(28)55/h8-10,12,16-18,23-24,28,50,56H,3-7,11,13-15,19-22H2,1-2H3,(H,46,47,49)(H,48,54,55)/t23?,24?,28?,37-/m0/s1. The Morgan fingerprint density at radius 2 is 1.73 bits per heavy atom. The number of nitrogens with one attached hydrogen (secondary N) is 3. The zero-order valence-electron chi connectivity index (χ0n) is 32.5. The third-order valence-electron chi connectivity index (χ3n) is 11.6. The van der Waals surface area contributed by atoms with E-state index in [1.165, 1.54) is 24.0 Å². The van der Waals surface area contributed by atoms with E-state index in [1.807, 2.05) is 4.90 Å². The number of aliphatic hydroxyl groups is 1. The fraction of sp³-hybridized carbons (Fsp3) is 0.538. The van der Waals surface area contributed by atoms with Gasteiger partial charge in [0.15, 0.2) is 5.67 Å². The highest BCUT2D eigenvalue weighted by atomic mass is 32.2. The van der Waals surface area contributed by atoms with Crippen molar-refractivity contribution in [3.63, 3.8) is 0 Å². The number of hydrogen-bond acceptors (Lipinski definition) is 11. The zero-order valence-corrected chi connectivity index (χ0v) is 33.3. The highest BCUT2D eigenvalue weighted by molar-refractivity contribution is 7.89. The molecule has 4 heterocycles. The van der Waals surface area contributed by atoms with E-state index in [1.54, 1.807) is 18.0 Å². The van der Waals surface area contributed by atoms with Crippen LogP contribution in [0, 0.1) is 11.6 Å². The first-order chi connectivity index (χ1) is 27.7. The Hall–Kier alpha value is -4.53. The number of carbonyl (C=O) groups is 2. The van der Waals surface area contributed by atoms with Gasteiger partial charge < -0.3 is 25.1 Å². The molecule has 3 aliphatic heterocycles. The van der Waals surface area contributed by atoms with Crippen molar-refractivity contribution in [2.45, 2.75) is 98.6 Å². The Labute approximate surface area is 337 Å². The largest absolute Gasteiger partial charge is 0.421 e. The normalized spacial score (nSPS) is 25.2. The lowest BCUT2D eigenvalue weighted by Crippen LogP contribution is -2.64. The number of rotatable bonds is 11. The average molecular weight is 853 g/mol. The topological polar surface area (TPSA) is 160 Å². The molecule has 0 spiro atoms. The number of alkyl halides is 4. The third-order valence-corrected chi connectivity index (χ3v) is 13.2. The number of β-amino-alcohol motifs (C(OH)–C–C–N with tert-alkyl or cyclic N) is 1. The predicted molar refractivity (Wildman–Crippen MR) is 205 cm³/mol. The highest BCUT2D eigenvalue weighted by Crippen LogP contribution is 2.39. The molecule has 2 atom stereocenters. The van der Waals surface area contributed by atoms with Gasteiger partial charge in [0.2, 0.25) is 27.8 Å². The first kappa shape index (κ1) is 42.6. The summed E-state index contributed by atoms with van der Waals surface area (Å²) in [6, 6.07) is 7.02. The Morgan fingerprint density at radius 3 is 2.37 bits per heavy atom. The summed E-state index contributed by atoms with van der Waals surface area (Å²) in [6.07, 6.45) is -1.02. The van der Waals surface area contributed by atoms with Crippen molar-refractivity contribution < 1.29 is 49.5 Å². The number of aromatic nitrogens is 2. The molecule has 1 saturated carbocycles. The molecule has 0 bridgehead atoms. The van der Waals surface area contributed by atoms with Crippen molar-refractivity contribution in [3.8, 4) is 0 Å². The third kappa shape index (κ3) is 9.60. The van der Waals surface area contributed by atoms with E-state index in [4.69, 9.17) is 0 Å². The van der Waals surface area contributed by atoms with Gasteiger partial charge in [-0.3, -0.25) is 14.9 Å². The van der Waals surface area contributed by atoms with E-state index >= 15 is 13.2 Å². The maximum absolute atomic E-state index is 15.8. The molecular formula is C39H46F6N8O5S. The maximum atomic E-state index is 15.8. The van der Waals surface area contributed by atoms with Crippen LogP contribution in [0.2, 0.25) is 0 Å². The molecule has 1 unspecified atom stereocenters. The molecule has 2 amide bonds. The number of nitrogens with zero attached hydrogens (tertiary/aromatic N) is 5. The minimum absolute atomic E-state index is 0.0264. The molecule has 20 heteroatoms. The number of halogens is 6. The number of benzene rings is 2. The predicted octanol–water partition coefficient (Wildman–Crippen LogP) is 5.14. The highest BCUT2D eigenvalue weighted by Gasteiger charge is 2.46. The Balaban J connectivity index is 0.904. The Bertz CT molecular complexity index is 2200. The van der Waals surface area contributed by atoms with Gasteiger partial charge in [0.1, 0.15) is 23.0 Å². The van der Waals surface area contributed by atoms with E-state index in [9.17, 15) is 36.3 Å². The molecule has 13 nitrogen and oxygen atoms in total. The van der Waals surface area contributed by atoms with Gasteiger partial charge in [-0.05, 0) is 89.2 Å². The van der Waals surface area contributed by atoms with Crippen LogP contribution in [0.3, 0.4) is 0 Å². The van der Waals surface area contributed by atoms with Gasteiger partial charge in [-0.15, -0.1) is 0 Å². The zero-order chi connectivity index (χ0) is 42.5. The molecule has 1 aromatic heterocycles. The summed E-state index contributed by atoms with van der Waals surface area (Å²) in [5, 5.41) is 15.2. The summed E-state index contributed by atoms with van der Waals surface area (Å²) in [5.74, 6) is -4.11. The number of piperidine rings is 2. The van der Waals surface area contributed by atoms with Crippen molar-refractivity contribution in [2.24, 2.45) is 0 Å². The number of amides is 2. The number of hydrogen-bond donors (Lipinski definition) is 4. The summed E-state index contributed by atoms with van der Waals surface area (Å²) in [5.41, 5.74) is -3.50. The molecule has 320 valence electrons. The van der Waals surface area contributed by atoms with Crippen molar-refractivity contribution in [3.05, 3.63) is 65.4 Å². The van der Waals surface area contributed by atoms with Crippen molar-refractivity contribution in [2.75, 3.05) is 54.9 Å². The average Bonchev–Trinajstić information content (AvgIpc) is 3.14. The molecule has 3 aromatic rings. The summed E-state index contributed by atoms with van der Waals surface area (Å²) in [7, 11) is -2.37. The fourth-order valence-corrected chi connectivity index (χ4v) is 9.88. The molecular weight excluding hydrogens is 807 g/mol. The lowest BCUT2D eigenvalue weighted by Gasteiger charge is -2.49. The SMILES string of the molecule is CN(CC1(F)CN(c2ccc(C3CCC(=O)NC3=O)c(F)c2)C1)C1CCC(NS(=O)(=O)c2ccc(Nc3ncc(C(F)(F)F)c(N4CCC[C@](C)(O)C4)n3)c(F)c2)CC1. The smallest absolute Gasteiger partial charge is 0.388 e. The molecule has 4 aliphatic rings. The molecule has 1 aliphatic carbocycles. The number of sulfonamides is 1. The summed E-state index contributed by atoms with van der Waals surface area (Å²) in [6.45, 7) is 1.81. The van der Waals surface area contributed by atoms with E-state index in [0.717, 1.165) is 18.2 Å². The van der Waals surface area contributed by atoms with Crippen LogP contribution in [0.1, 0.15) is 75.3 Å². The summed E-state index contributed by atoms with van der Waals surface area (Å²) < 4.78 is 117. The second kappa shape index (κ2) is 16.2. The van der Waals surface area contributed by atoms with Crippen LogP contribution in [0.4, 0.5) is 49.5 Å². The van der Waals surface area contributed by atoms with Gasteiger partial charge in [-0.1, -0.05) is 6.07 Å². The first-order valence-electron chi connectivity index (χ1n) is 19.5.